The van der Waals surface area contributed by atoms with E-state index in [-0.39, 0.29) is 24.2 Å². The Labute approximate surface area is 236 Å². The minimum Gasteiger partial charge on any atom is -0.485 e. The number of amides is 1. The monoisotopic (exact) mass is 564 g/mol. The second-order valence-electron chi connectivity index (χ2n) is 9.31. The standard InChI is InChI=1S/C29H32N4O4S2/c1-4-33-24(16-37-22-15-14-19-10-6-7-11-20(19)18(22)3)31-32-29(33)38-17-25(34)30-27-26(28(35)36-5-2)21-12-8-9-13-23(21)39-27/h6-7,10-11,14-15H,4-5,8-9,12-13,16-17H2,1-3H3,(H,30,34). The SMILES string of the molecule is CCOC(=O)c1c(NC(=O)CSc2nnc(COc3ccc4ccccc4c3C)n2CC)sc2c1CCCC2. The number of anilines is 1. The fourth-order valence-electron chi connectivity index (χ4n) is 4.92. The number of fused-ring (bicyclic) bond motifs is 2. The van der Waals surface area contributed by atoms with Crippen molar-refractivity contribution >= 4 is 50.7 Å². The molecule has 204 valence electrons. The van der Waals surface area contributed by atoms with Crippen LogP contribution in [0.15, 0.2) is 41.6 Å². The molecule has 0 bridgehead atoms. The van der Waals surface area contributed by atoms with Crippen LogP contribution >= 0.6 is 23.1 Å². The number of nitrogens with zero attached hydrogens (tertiary/aromatic N) is 3. The van der Waals surface area contributed by atoms with Gasteiger partial charge in [-0.1, -0.05) is 42.1 Å². The van der Waals surface area contributed by atoms with Crippen LogP contribution in [0.4, 0.5) is 5.00 Å². The van der Waals surface area contributed by atoms with Crippen LogP contribution < -0.4 is 10.1 Å². The molecule has 5 rings (SSSR count). The van der Waals surface area contributed by atoms with Gasteiger partial charge in [0.1, 0.15) is 17.4 Å². The smallest absolute Gasteiger partial charge is 0.341 e. The summed E-state index contributed by atoms with van der Waals surface area (Å²) in [5.74, 6) is 1.09. The largest absolute Gasteiger partial charge is 0.485 e. The number of esters is 1. The molecule has 1 aliphatic carbocycles. The van der Waals surface area contributed by atoms with E-state index >= 15 is 0 Å². The molecule has 39 heavy (non-hydrogen) atoms. The molecule has 1 N–H and O–H groups in total. The molecule has 2 heterocycles. The summed E-state index contributed by atoms with van der Waals surface area (Å²) in [7, 11) is 0. The molecule has 0 aliphatic heterocycles. The highest BCUT2D eigenvalue weighted by molar-refractivity contribution is 7.99. The van der Waals surface area contributed by atoms with E-state index in [9.17, 15) is 9.59 Å². The normalized spacial score (nSPS) is 12.8. The first-order chi connectivity index (χ1) is 19.0. The molecule has 2 aromatic heterocycles. The van der Waals surface area contributed by atoms with Gasteiger partial charge in [-0.3, -0.25) is 4.79 Å². The van der Waals surface area contributed by atoms with Crippen LogP contribution in [0.3, 0.4) is 0 Å². The van der Waals surface area contributed by atoms with Crippen molar-refractivity contribution < 1.29 is 19.1 Å². The second-order valence-corrected chi connectivity index (χ2v) is 11.4. The predicted octanol–water partition coefficient (Wildman–Crippen LogP) is 6.19. The topological polar surface area (TPSA) is 95.3 Å². The van der Waals surface area contributed by atoms with Crippen LogP contribution in [0, 0.1) is 6.92 Å². The highest BCUT2D eigenvalue weighted by atomic mass is 32.2. The average Bonchev–Trinajstić information content (AvgIpc) is 3.52. The number of thiophene rings is 1. The number of benzene rings is 2. The lowest BCUT2D eigenvalue weighted by molar-refractivity contribution is -0.113. The van der Waals surface area contributed by atoms with E-state index in [0.29, 0.717) is 34.7 Å². The van der Waals surface area contributed by atoms with Gasteiger partial charge in [0.25, 0.3) is 0 Å². The van der Waals surface area contributed by atoms with Gasteiger partial charge in [0, 0.05) is 11.4 Å². The summed E-state index contributed by atoms with van der Waals surface area (Å²) in [6, 6.07) is 12.3. The number of carbonyl (C=O) groups is 2. The van der Waals surface area contributed by atoms with E-state index in [4.69, 9.17) is 9.47 Å². The molecular formula is C29H32N4O4S2. The van der Waals surface area contributed by atoms with Gasteiger partial charge >= 0.3 is 5.97 Å². The third-order valence-corrected chi connectivity index (χ3v) is 9.03. The molecule has 0 fully saturated rings. The lowest BCUT2D eigenvalue weighted by Crippen LogP contribution is -2.17. The van der Waals surface area contributed by atoms with Crippen LogP contribution in [-0.2, 0) is 35.5 Å². The minimum atomic E-state index is -0.364. The highest BCUT2D eigenvalue weighted by Gasteiger charge is 2.27. The fourth-order valence-corrected chi connectivity index (χ4v) is 7.04. The summed E-state index contributed by atoms with van der Waals surface area (Å²) in [5.41, 5.74) is 2.64. The molecule has 0 unspecified atom stereocenters. The number of rotatable bonds is 10. The molecular weight excluding hydrogens is 532 g/mol. The molecule has 8 nitrogen and oxygen atoms in total. The first-order valence-corrected chi connectivity index (χ1v) is 15.1. The second kappa shape index (κ2) is 12.2. The van der Waals surface area contributed by atoms with E-state index in [1.54, 1.807) is 6.92 Å². The summed E-state index contributed by atoms with van der Waals surface area (Å²) < 4.78 is 13.4. The summed E-state index contributed by atoms with van der Waals surface area (Å²) in [6.45, 7) is 7.08. The van der Waals surface area contributed by atoms with Crippen LogP contribution in [0.1, 0.15) is 58.9 Å². The van der Waals surface area contributed by atoms with Crippen molar-refractivity contribution in [2.75, 3.05) is 17.7 Å². The number of thioether (sulfide) groups is 1. The van der Waals surface area contributed by atoms with Gasteiger partial charge in [-0.25, -0.2) is 4.79 Å². The van der Waals surface area contributed by atoms with Crippen LogP contribution in [0.2, 0.25) is 0 Å². The molecule has 10 heteroatoms. The molecule has 0 spiro atoms. The number of hydrogen-bond acceptors (Lipinski definition) is 8. The maximum atomic E-state index is 12.9. The van der Waals surface area contributed by atoms with Crippen molar-refractivity contribution in [3.63, 3.8) is 0 Å². The Balaban J connectivity index is 1.24. The van der Waals surface area contributed by atoms with Crippen molar-refractivity contribution in [3.8, 4) is 5.75 Å². The van der Waals surface area contributed by atoms with E-state index in [0.717, 1.165) is 47.9 Å². The summed E-state index contributed by atoms with van der Waals surface area (Å²) in [5, 5.41) is 15.2. The zero-order valence-corrected chi connectivity index (χ0v) is 24.0. The number of nitrogens with one attached hydrogen (secondary N) is 1. The van der Waals surface area contributed by atoms with Crippen molar-refractivity contribution in [1.82, 2.24) is 14.8 Å². The number of aryl methyl sites for hydroxylation is 2. The van der Waals surface area contributed by atoms with E-state index < -0.39 is 0 Å². The van der Waals surface area contributed by atoms with Gasteiger partial charge < -0.3 is 19.4 Å². The Bertz CT molecular complexity index is 1510. The number of hydrogen-bond donors (Lipinski definition) is 1. The molecule has 0 saturated carbocycles. The number of carbonyl (C=O) groups excluding carboxylic acids is 2. The van der Waals surface area contributed by atoms with Crippen molar-refractivity contribution in [3.05, 3.63) is 63.8 Å². The predicted molar refractivity (Wildman–Crippen MR) is 155 cm³/mol. The van der Waals surface area contributed by atoms with Crippen molar-refractivity contribution in [2.45, 2.75) is 64.8 Å². The van der Waals surface area contributed by atoms with Crippen molar-refractivity contribution in [1.29, 1.82) is 0 Å². The average molecular weight is 565 g/mol. The Morgan fingerprint density at radius 2 is 1.92 bits per heavy atom. The fraction of sp³-hybridized carbons (Fsp3) is 0.379. The maximum absolute atomic E-state index is 12.9. The summed E-state index contributed by atoms with van der Waals surface area (Å²) >= 11 is 2.81. The third-order valence-electron chi connectivity index (χ3n) is 6.85. The van der Waals surface area contributed by atoms with Gasteiger partial charge in [-0.15, -0.1) is 21.5 Å². The summed E-state index contributed by atoms with van der Waals surface area (Å²) in [6.07, 6.45) is 3.91. The highest BCUT2D eigenvalue weighted by Crippen LogP contribution is 2.38. The van der Waals surface area contributed by atoms with E-state index in [1.807, 2.05) is 29.7 Å². The van der Waals surface area contributed by atoms with Gasteiger partial charge in [0.05, 0.1) is 17.9 Å². The number of ether oxygens (including phenoxy) is 2. The Hall–Kier alpha value is -3.37. The van der Waals surface area contributed by atoms with Gasteiger partial charge in [-0.2, -0.15) is 0 Å². The van der Waals surface area contributed by atoms with Gasteiger partial charge in [0.15, 0.2) is 11.0 Å². The van der Waals surface area contributed by atoms with Crippen LogP contribution in [-0.4, -0.2) is 39.0 Å². The first kappa shape index (κ1) is 27.2. The minimum absolute atomic E-state index is 0.146. The van der Waals surface area contributed by atoms with E-state index in [2.05, 4.69) is 40.6 Å². The molecule has 1 aliphatic rings. The molecule has 4 aromatic rings. The first-order valence-electron chi connectivity index (χ1n) is 13.3. The van der Waals surface area contributed by atoms with E-state index in [1.165, 1.54) is 33.4 Å². The van der Waals surface area contributed by atoms with Gasteiger partial charge in [0.2, 0.25) is 5.91 Å². The summed E-state index contributed by atoms with van der Waals surface area (Å²) in [4.78, 5) is 26.8. The zero-order chi connectivity index (χ0) is 27.4. The number of aromatic nitrogens is 3. The maximum Gasteiger partial charge on any atom is 0.341 e. The Morgan fingerprint density at radius 3 is 2.74 bits per heavy atom. The quantitative estimate of drug-likeness (QED) is 0.181. The Morgan fingerprint density at radius 1 is 1.10 bits per heavy atom. The Kier molecular flexibility index (Phi) is 8.52. The van der Waals surface area contributed by atoms with Crippen LogP contribution in [0.5, 0.6) is 5.75 Å². The van der Waals surface area contributed by atoms with Gasteiger partial charge in [-0.05, 0) is 74.4 Å². The zero-order valence-electron chi connectivity index (χ0n) is 22.4. The molecule has 0 saturated heterocycles. The third kappa shape index (κ3) is 5.81. The van der Waals surface area contributed by atoms with Crippen LogP contribution in [0.25, 0.3) is 10.8 Å². The molecule has 0 atom stereocenters. The van der Waals surface area contributed by atoms with Crippen molar-refractivity contribution in [2.24, 2.45) is 0 Å². The lowest BCUT2D eigenvalue weighted by atomic mass is 9.95. The molecule has 2 aromatic carbocycles. The molecule has 1 amide bonds. The lowest BCUT2D eigenvalue weighted by Gasteiger charge is -2.12. The molecule has 0 radical (unpaired) electrons.